The van der Waals surface area contributed by atoms with Crippen molar-refractivity contribution in [3.8, 4) is 0 Å². The molecule has 0 saturated carbocycles. The Morgan fingerprint density at radius 3 is 2.33 bits per heavy atom. The van der Waals surface area contributed by atoms with Gasteiger partial charge >= 0.3 is 5.97 Å². The van der Waals surface area contributed by atoms with Crippen LogP contribution in [0.25, 0.3) is 6.08 Å². The first-order chi connectivity index (χ1) is 10.0. The zero-order chi connectivity index (χ0) is 16.1. The van der Waals surface area contributed by atoms with Crippen molar-refractivity contribution in [1.82, 2.24) is 0 Å². The standard InChI is InChI=1S/C9H8O.C5H11N3O3/c10-8-4-7-9-5-2-1-3-6-9;6-3(5(10)11-8)1-2-4(7)9/h1-8H;3H,1-2,6,8H2,(H2,7,9)/b7-4+;/t;3-/m.0/s1. The van der Waals surface area contributed by atoms with E-state index in [2.05, 4.69) is 10.7 Å². The zero-order valence-corrected chi connectivity index (χ0v) is 11.5. The van der Waals surface area contributed by atoms with Gasteiger partial charge in [0, 0.05) is 6.42 Å². The molecule has 0 unspecified atom stereocenters. The molecule has 1 atom stereocenters. The van der Waals surface area contributed by atoms with Gasteiger partial charge in [-0.2, -0.15) is 5.90 Å². The van der Waals surface area contributed by atoms with Crippen LogP contribution in [0.2, 0.25) is 0 Å². The van der Waals surface area contributed by atoms with Gasteiger partial charge in [0.2, 0.25) is 5.91 Å². The number of primary amides is 1. The molecule has 0 aliphatic rings. The number of allylic oxidation sites excluding steroid dienone is 1. The number of hydrogen-bond acceptors (Lipinski definition) is 6. The predicted octanol–water partition coefficient (Wildman–Crippen LogP) is -0.105. The van der Waals surface area contributed by atoms with Crippen LogP contribution < -0.4 is 17.4 Å². The average Bonchev–Trinajstić information content (AvgIpc) is 2.51. The quantitative estimate of drug-likeness (QED) is 0.380. The first-order valence-corrected chi connectivity index (χ1v) is 6.12. The number of amides is 1. The Hall–Kier alpha value is -2.51. The van der Waals surface area contributed by atoms with Crippen LogP contribution in [0.15, 0.2) is 36.4 Å². The van der Waals surface area contributed by atoms with Crippen molar-refractivity contribution in [3.63, 3.8) is 0 Å². The summed E-state index contributed by atoms with van der Waals surface area (Å²) in [4.78, 5) is 34.4. The van der Waals surface area contributed by atoms with Crippen molar-refractivity contribution >= 4 is 24.2 Å². The van der Waals surface area contributed by atoms with E-state index in [4.69, 9.17) is 11.5 Å². The van der Waals surface area contributed by atoms with E-state index in [-0.39, 0.29) is 12.8 Å². The van der Waals surface area contributed by atoms with Crippen molar-refractivity contribution in [3.05, 3.63) is 42.0 Å². The molecule has 1 amide bonds. The summed E-state index contributed by atoms with van der Waals surface area (Å²) >= 11 is 0. The van der Waals surface area contributed by atoms with Crippen LogP contribution in [-0.4, -0.2) is 24.2 Å². The van der Waals surface area contributed by atoms with Crippen molar-refractivity contribution in [2.45, 2.75) is 18.9 Å². The molecule has 0 fully saturated rings. The Kier molecular flexibility index (Phi) is 9.97. The summed E-state index contributed by atoms with van der Waals surface area (Å²) in [5.41, 5.74) is 11.1. The molecule has 1 aromatic carbocycles. The van der Waals surface area contributed by atoms with Gasteiger partial charge in [0.25, 0.3) is 0 Å². The van der Waals surface area contributed by atoms with Gasteiger partial charge in [-0.3, -0.25) is 9.59 Å². The Balaban J connectivity index is 0.000000382. The number of carbonyl (C=O) groups is 3. The minimum Gasteiger partial charge on any atom is -0.372 e. The topological polar surface area (TPSA) is 138 Å². The van der Waals surface area contributed by atoms with E-state index < -0.39 is 17.9 Å². The molecule has 0 aliphatic heterocycles. The van der Waals surface area contributed by atoms with E-state index in [0.29, 0.717) is 0 Å². The highest BCUT2D eigenvalue weighted by Gasteiger charge is 2.14. The summed E-state index contributed by atoms with van der Waals surface area (Å²) in [6, 6.07) is 8.83. The summed E-state index contributed by atoms with van der Waals surface area (Å²) in [5, 5.41) is 0. The molecule has 0 radical (unpaired) electrons. The number of carbonyl (C=O) groups excluding carboxylic acids is 3. The first-order valence-electron chi connectivity index (χ1n) is 6.12. The van der Waals surface area contributed by atoms with Crippen LogP contribution in [-0.2, 0) is 19.2 Å². The average molecular weight is 293 g/mol. The third-order valence-corrected chi connectivity index (χ3v) is 2.29. The molecule has 6 N–H and O–H groups in total. The lowest BCUT2D eigenvalue weighted by atomic mass is 10.2. The molecular formula is C14H19N3O4. The summed E-state index contributed by atoms with van der Waals surface area (Å²) in [6.07, 6.45) is 4.23. The molecule has 0 saturated heterocycles. The molecule has 114 valence electrons. The lowest BCUT2D eigenvalue weighted by Gasteiger charge is -2.05. The largest absolute Gasteiger partial charge is 0.372 e. The minimum atomic E-state index is -0.868. The summed E-state index contributed by atoms with van der Waals surface area (Å²) < 4.78 is 0. The molecule has 0 spiro atoms. The second-order valence-electron chi connectivity index (χ2n) is 3.95. The number of benzene rings is 1. The van der Waals surface area contributed by atoms with Crippen molar-refractivity contribution in [2.24, 2.45) is 17.4 Å². The first kappa shape index (κ1) is 18.5. The Morgan fingerprint density at radius 2 is 1.86 bits per heavy atom. The van der Waals surface area contributed by atoms with Crippen LogP contribution in [0, 0.1) is 0 Å². The van der Waals surface area contributed by atoms with Crippen LogP contribution in [0.3, 0.4) is 0 Å². The molecule has 0 aromatic heterocycles. The summed E-state index contributed by atoms with van der Waals surface area (Å²) in [6.45, 7) is 0. The molecule has 1 aromatic rings. The normalized spacial score (nSPS) is 11.1. The van der Waals surface area contributed by atoms with E-state index in [9.17, 15) is 14.4 Å². The van der Waals surface area contributed by atoms with Gasteiger partial charge < -0.3 is 16.3 Å². The van der Waals surface area contributed by atoms with Gasteiger partial charge in [-0.15, -0.1) is 0 Å². The summed E-state index contributed by atoms with van der Waals surface area (Å²) in [5.74, 6) is 3.28. The van der Waals surface area contributed by atoms with Gasteiger partial charge in [-0.25, -0.2) is 4.79 Å². The smallest absolute Gasteiger partial charge is 0.341 e. The lowest BCUT2D eigenvalue weighted by Crippen LogP contribution is -2.34. The fourth-order valence-electron chi connectivity index (χ4n) is 1.22. The van der Waals surface area contributed by atoms with Gasteiger partial charge in [0.15, 0.2) is 0 Å². The van der Waals surface area contributed by atoms with E-state index in [0.717, 1.165) is 11.8 Å². The Labute approximate surface area is 122 Å². The van der Waals surface area contributed by atoms with Gasteiger partial charge in [-0.05, 0) is 18.1 Å². The zero-order valence-electron chi connectivity index (χ0n) is 11.5. The van der Waals surface area contributed by atoms with Crippen molar-refractivity contribution < 1.29 is 19.2 Å². The fourth-order valence-corrected chi connectivity index (χ4v) is 1.22. The highest BCUT2D eigenvalue weighted by Crippen LogP contribution is 1.99. The minimum absolute atomic E-state index is 0.0519. The van der Waals surface area contributed by atoms with Crippen molar-refractivity contribution in [2.75, 3.05) is 0 Å². The number of rotatable bonds is 6. The fraction of sp³-hybridized carbons (Fsp3) is 0.214. The van der Waals surface area contributed by atoms with Crippen LogP contribution >= 0.6 is 0 Å². The molecule has 0 bridgehead atoms. The maximum absolute atomic E-state index is 10.5. The van der Waals surface area contributed by atoms with Gasteiger partial charge in [0.05, 0.1) is 0 Å². The molecule has 21 heavy (non-hydrogen) atoms. The monoisotopic (exact) mass is 293 g/mol. The molecule has 0 aliphatic carbocycles. The maximum atomic E-state index is 10.5. The van der Waals surface area contributed by atoms with Gasteiger partial charge in [0.1, 0.15) is 12.3 Å². The molecular weight excluding hydrogens is 274 g/mol. The molecule has 7 nitrogen and oxygen atoms in total. The van der Waals surface area contributed by atoms with E-state index in [1.807, 2.05) is 30.3 Å². The number of nitrogens with two attached hydrogens (primary N) is 3. The second kappa shape index (κ2) is 11.3. The Bertz CT molecular complexity index is 474. The van der Waals surface area contributed by atoms with Crippen molar-refractivity contribution in [1.29, 1.82) is 0 Å². The van der Waals surface area contributed by atoms with E-state index in [1.165, 1.54) is 6.08 Å². The number of hydrogen-bond donors (Lipinski definition) is 3. The van der Waals surface area contributed by atoms with Crippen LogP contribution in [0.1, 0.15) is 18.4 Å². The lowest BCUT2D eigenvalue weighted by molar-refractivity contribution is -0.146. The molecule has 7 heteroatoms. The predicted molar refractivity (Wildman–Crippen MR) is 78.2 cm³/mol. The Morgan fingerprint density at radius 1 is 1.24 bits per heavy atom. The maximum Gasteiger partial charge on any atom is 0.341 e. The highest BCUT2D eigenvalue weighted by atomic mass is 16.7. The van der Waals surface area contributed by atoms with Gasteiger partial charge in [-0.1, -0.05) is 36.4 Å². The second-order valence-corrected chi connectivity index (χ2v) is 3.95. The number of aldehydes is 1. The molecule has 0 heterocycles. The van der Waals surface area contributed by atoms with Crippen LogP contribution in [0.4, 0.5) is 0 Å². The molecule has 1 rings (SSSR count). The van der Waals surface area contributed by atoms with Crippen LogP contribution in [0.5, 0.6) is 0 Å². The summed E-state index contributed by atoms with van der Waals surface area (Å²) in [7, 11) is 0. The highest BCUT2D eigenvalue weighted by molar-refractivity contribution is 5.78. The third-order valence-electron chi connectivity index (χ3n) is 2.29. The van der Waals surface area contributed by atoms with E-state index >= 15 is 0 Å². The SMILES string of the molecule is NOC(=O)[C@@H](N)CCC(N)=O.O=C/C=C/c1ccccc1. The third kappa shape index (κ3) is 10.00. The van der Waals surface area contributed by atoms with E-state index in [1.54, 1.807) is 6.08 Å².